The van der Waals surface area contributed by atoms with Gasteiger partial charge in [-0.2, -0.15) is 0 Å². The highest BCUT2D eigenvalue weighted by molar-refractivity contribution is 5.86. The number of urea groups is 1. The van der Waals surface area contributed by atoms with E-state index < -0.39 is 23.1 Å². The van der Waals surface area contributed by atoms with Crippen molar-refractivity contribution >= 4 is 12.0 Å². The zero-order valence-corrected chi connectivity index (χ0v) is 12.1. The van der Waals surface area contributed by atoms with Crippen molar-refractivity contribution in [3.8, 4) is 0 Å². The summed E-state index contributed by atoms with van der Waals surface area (Å²) in [7, 11) is 1.54. The number of carbonyl (C=O) groups is 2. The van der Waals surface area contributed by atoms with Gasteiger partial charge >= 0.3 is 12.0 Å². The standard InChI is InChI=1S/C13H22N2O6/c1-15(8-12(19)2-5-20-6-3-12)11(18)14-13(10(16)17)4-7-21-9-13/h19H,2-9H2,1H3,(H,14,18)(H,16,17). The summed E-state index contributed by atoms with van der Waals surface area (Å²) in [4.78, 5) is 24.8. The van der Waals surface area contributed by atoms with Crippen molar-refractivity contribution in [3.63, 3.8) is 0 Å². The number of rotatable bonds is 4. The van der Waals surface area contributed by atoms with Crippen LogP contribution >= 0.6 is 0 Å². The Morgan fingerprint density at radius 2 is 1.81 bits per heavy atom. The molecule has 8 nitrogen and oxygen atoms in total. The number of ether oxygens (including phenoxy) is 2. The topological polar surface area (TPSA) is 108 Å². The molecule has 120 valence electrons. The van der Waals surface area contributed by atoms with Crippen LogP contribution in [-0.2, 0) is 14.3 Å². The van der Waals surface area contributed by atoms with Gasteiger partial charge in [0.2, 0.25) is 0 Å². The quantitative estimate of drug-likeness (QED) is 0.641. The lowest BCUT2D eigenvalue weighted by Gasteiger charge is -2.36. The molecular weight excluding hydrogens is 280 g/mol. The van der Waals surface area contributed by atoms with Gasteiger partial charge in [0.1, 0.15) is 0 Å². The van der Waals surface area contributed by atoms with Crippen LogP contribution in [0.3, 0.4) is 0 Å². The molecule has 0 radical (unpaired) electrons. The lowest BCUT2D eigenvalue weighted by molar-refractivity contribution is -0.144. The van der Waals surface area contributed by atoms with Crippen molar-refractivity contribution in [2.45, 2.75) is 30.4 Å². The number of aliphatic hydroxyl groups is 1. The summed E-state index contributed by atoms with van der Waals surface area (Å²) in [5.41, 5.74) is -2.35. The number of nitrogens with zero attached hydrogens (tertiary/aromatic N) is 1. The van der Waals surface area contributed by atoms with Crippen molar-refractivity contribution in [1.82, 2.24) is 10.2 Å². The van der Waals surface area contributed by atoms with Crippen LogP contribution in [0.2, 0.25) is 0 Å². The summed E-state index contributed by atoms with van der Waals surface area (Å²) in [5, 5.41) is 22.2. The highest BCUT2D eigenvalue weighted by Crippen LogP contribution is 2.22. The van der Waals surface area contributed by atoms with Crippen LogP contribution in [0, 0.1) is 0 Å². The SMILES string of the molecule is CN(CC1(O)CCOCC1)C(=O)NC1(C(=O)O)CCOC1. The van der Waals surface area contributed by atoms with Crippen LogP contribution in [0.5, 0.6) is 0 Å². The average molecular weight is 302 g/mol. The minimum atomic E-state index is -1.37. The van der Waals surface area contributed by atoms with Gasteiger partial charge in [0.05, 0.1) is 18.8 Å². The van der Waals surface area contributed by atoms with Gasteiger partial charge < -0.3 is 29.9 Å². The molecule has 0 bridgehead atoms. The van der Waals surface area contributed by atoms with E-state index in [1.165, 1.54) is 11.9 Å². The first kappa shape index (κ1) is 16.0. The van der Waals surface area contributed by atoms with E-state index in [1.807, 2.05) is 0 Å². The van der Waals surface area contributed by atoms with Gasteiger partial charge in [-0.1, -0.05) is 0 Å². The van der Waals surface area contributed by atoms with Gasteiger partial charge in [-0.3, -0.25) is 0 Å². The molecule has 3 N–H and O–H groups in total. The number of amides is 2. The van der Waals surface area contributed by atoms with Crippen molar-refractivity contribution in [2.75, 3.05) is 40.0 Å². The highest BCUT2D eigenvalue weighted by atomic mass is 16.5. The summed E-state index contributed by atoms with van der Waals surface area (Å²) in [5.74, 6) is -1.11. The minimum absolute atomic E-state index is 0.0416. The number of nitrogens with one attached hydrogen (secondary N) is 1. The number of likely N-dealkylation sites (N-methyl/N-ethyl adjacent to an activating group) is 1. The second kappa shape index (κ2) is 6.17. The molecular formula is C13H22N2O6. The maximum Gasteiger partial charge on any atom is 0.332 e. The van der Waals surface area contributed by atoms with Gasteiger partial charge in [0, 0.05) is 46.1 Å². The Hall–Kier alpha value is -1.38. The Morgan fingerprint density at radius 1 is 1.19 bits per heavy atom. The number of hydrogen-bond donors (Lipinski definition) is 3. The van der Waals surface area contributed by atoms with Crippen molar-refractivity contribution in [1.29, 1.82) is 0 Å². The minimum Gasteiger partial charge on any atom is -0.479 e. The molecule has 0 aromatic rings. The number of hydrogen-bond acceptors (Lipinski definition) is 5. The zero-order valence-electron chi connectivity index (χ0n) is 12.1. The molecule has 0 spiro atoms. The van der Waals surface area contributed by atoms with E-state index >= 15 is 0 Å². The fraction of sp³-hybridized carbons (Fsp3) is 0.846. The maximum absolute atomic E-state index is 12.2. The van der Waals surface area contributed by atoms with E-state index in [9.17, 15) is 19.8 Å². The zero-order chi connectivity index (χ0) is 15.5. The molecule has 2 rings (SSSR count). The first-order chi connectivity index (χ1) is 9.87. The lowest BCUT2D eigenvalue weighted by Crippen LogP contribution is -2.59. The smallest absolute Gasteiger partial charge is 0.332 e. The van der Waals surface area contributed by atoms with Gasteiger partial charge in [-0.15, -0.1) is 0 Å². The Bertz CT molecular complexity index is 401. The molecule has 21 heavy (non-hydrogen) atoms. The lowest BCUT2D eigenvalue weighted by atomic mass is 9.94. The molecule has 2 aliphatic heterocycles. The number of aliphatic carboxylic acids is 1. The molecule has 0 aromatic heterocycles. The Morgan fingerprint density at radius 3 is 2.33 bits per heavy atom. The summed E-state index contributed by atoms with van der Waals surface area (Å²) >= 11 is 0. The van der Waals surface area contributed by atoms with Gasteiger partial charge in [-0.25, -0.2) is 9.59 Å². The van der Waals surface area contributed by atoms with E-state index in [0.717, 1.165) is 0 Å². The fourth-order valence-corrected chi connectivity index (χ4v) is 2.61. The summed E-state index contributed by atoms with van der Waals surface area (Å²) in [6.45, 7) is 1.31. The molecule has 2 saturated heterocycles. The van der Waals surface area contributed by atoms with E-state index in [0.29, 0.717) is 32.7 Å². The summed E-state index contributed by atoms with van der Waals surface area (Å²) in [6.07, 6.45) is 1.15. The molecule has 0 saturated carbocycles. The van der Waals surface area contributed by atoms with Crippen molar-refractivity contribution in [3.05, 3.63) is 0 Å². The third-order valence-electron chi connectivity index (χ3n) is 4.08. The second-order valence-electron chi connectivity index (χ2n) is 5.81. The van der Waals surface area contributed by atoms with Gasteiger partial charge in [0.25, 0.3) is 0 Å². The Kier molecular flexibility index (Phi) is 4.70. The molecule has 0 aliphatic carbocycles. The first-order valence-electron chi connectivity index (χ1n) is 7.01. The third kappa shape index (κ3) is 3.63. The molecule has 1 atom stereocenters. The predicted octanol–water partition coefficient (Wildman–Crippen LogP) is -0.587. The molecule has 2 aliphatic rings. The molecule has 8 heteroatoms. The van der Waals surface area contributed by atoms with Crippen LogP contribution in [0.25, 0.3) is 0 Å². The van der Waals surface area contributed by atoms with Crippen LogP contribution in [-0.4, -0.2) is 78.3 Å². The second-order valence-corrected chi connectivity index (χ2v) is 5.81. The maximum atomic E-state index is 12.2. The predicted molar refractivity (Wildman–Crippen MR) is 72.0 cm³/mol. The Balaban J connectivity index is 1.94. The molecule has 2 amide bonds. The van der Waals surface area contributed by atoms with Crippen LogP contribution < -0.4 is 5.32 Å². The van der Waals surface area contributed by atoms with E-state index in [-0.39, 0.29) is 19.6 Å². The average Bonchev–Trinajstić information content (AvgIpc) is 2.89. The van der Waals surface area contributed by atoms with E-state index in [1.54, 1.807) is 0 Å². The van der Waals surface area contributed by atoms with Crippen molar-refractivity contribution in [2.24, 2.45) is 0 Å². The van der Waals surface area contributed by atoms with Crippen LogP contribution in [0.1, 0.15) is 19.3 Å². The number of carbonyl (C=O) groups excluding carboxylic acids is 1. The van der Waals surface area contributed by atoms with Crippen LogP contribution in [0.4, 0.5) is 4.79 Å². The number of carboxylic acid groups (broad SMARTS) is 1. The van der Waals surface area contributed by atoms with Gasteiger partial charge in [-0.05, 0) is 0 Å². The Labute approximate surface area is 123 Å². The normalized spacial score (nSPS) is 28.1. The van der Waals surface area contributed by atoms with Gasteiger partial charge in [0.15, 0.2) is 5.54 Å². The highest BCUT2D eigenvalue weighted by Gasteiger charge is 2.45. The van der Waals surface area contributed by atoms with E-state index in [4.69, 9.17) is 9.47 Å². The number of carboxylic acids is 1. The van der Waals surface area contributed by atoms with Crippen LogP contribution in [0.15, 0.2) is 0 Å². The van der Waals surface area contributed by atoms with E-state index in [2.05, 4.69) is 5.32 Å². The molecule has 0 aromatic carbocycles. The van der Waals surface area contributed by atoms with Crippen molar-refractivity contribution < 1.29 is 29.3 Å². The summed E-state index contributed by atoms with van der Waals surface area (Å²) in [6, 6.07) is -0.525. The fourth-order valence-electron chi connectivity index (χ4n) is 2.61. The summed E-state index contributed by atoms with van der Waals surface area (Å²) < 4.78 is 10.3. The first-order valence-corrected chi connectivity index (χ1v) is 7.01. The molecule has 2 heterocycles. The molecule has 2 fully saturated rings. The monoisotopic (exact) mass is 302 g/mol. The largest absolute Gasteiger partial charge is 0.479 e. The third-order valence-corrected chi connectivity index (χ3v) is 4.08. The molecule has 1 unspecified atom stereocenters.